The molecule has 0 spiro atoms. The number of hydrogen-bond donors (Lipinski definition) is 1. The standard InChI is InChI=1S/C23H25N3O/c1-18-6-5-9-22(14-18)25-23(27)21(16-24)17-26-12-10-20(11-13-26)15-19-7-3-2-4-8-19/h2-9,14,17,20H,10-13,15H2,1H3,(H,25,27)/b21-17-. The molecule has 4 heteroatoms. The summed E-state index contributed by atoms with van der Waals surface area (Å²) in [5.74, 6) is 0.304. The molecule has 0 radical (unpaired) electrons. The van der Waals surface area contributed by atoms with Crippen LogP contribution in [-0.4, -0.2) is 23.9 Å². The highest BCUT2D eigenvalue weighted by molar-refractivity contribution is 6.06. The summed E-state index contributed by atoms with van der Waals surface area (Å²) in [6.07, 6.45) is 4.95. The van der Waals surface area contributed by atoms with Gasteiger partial charge in [-0.1, -0.05) is 42.5 Å². The third kappa shape index (κ3) is 5.46. The van der Waals surface area contributed by atoms with Crippen molar-refractivity contribution in [1.82, 2.24) is 4.90 Å². The van der Waals surface area contributed by atoms with E-state index in [1.807, 2.05) is 43.3 Å². The van der Waals surface area contributed by atoms with E-state index in [4.69, 9.17) is 0 Å². The third-order valence-electron chi connectivity index (χ3n) is 4.97. The molecular weight excluding hydrogens is 334 g/mol. The Morgan fingerprint density at radius 2 is 1.93 bits per heavy atom. The molecule has 27 heavy (non-hydrogen) atoms. The van der Waals surface area contributed by atoms with Gasteiger partial charge in [-0.05, 0) is 55.4 Å². The highest BCUT2D eigenvalue weighted by Crippen LogP contribution is 2.22. The van der Waals surface area contributed by atoms with Crippen molar-refractivity contribution in [3.05, 3.63) is 77.5 Å². The quantitative estimate of drug-likeness (QED) is 0.640. The van der Waals surface area contributed by atoms with E-state index in [-0.39, 0.29) is 11.5 Å². The normalized spacial score (nSPS) is 15.3. The molecule has 1 amide bonds. The van der Waals surface area contributed by atoms with E-state index in [0.717, 1.165) is 37.9 Å². The summed E-state index contributed by atoms with van der Waals surface area (Å²) >= 11 is 0. The SMILES string of the molecule is Cc1cccc(NC(=O)/C(C#N)=C\N2CCC(Cc3ccccc3)CC2)c1. The van der Waals surface area contributed by atoms with Crippen LogP contribution in [0.25, 0.3) is 0 Å². The summed E-state index contributed by atoms with van der Waals surface area (Å²) in [5.41, 5.74) is 3.30. The molecule has 0 aliphatic carbocycles. The molecule has 1 saturated heterocycles. The van der Waals surface area contributed by atoms with Crippen LogP contribution in [0.1, 0.15) is 24.0 Å². The number of likely N-dealkylation sites (tertiary alicyclic amines) is 1. The van der Waals surface area contributed by atoms with Gasteiger partial charge in [0, 0.05) is 25.0 Å². The first-order chi connectivity index (χ1) is 13.1. The van der Waals surface area contributed by atoms with Crippen molar-refractivity contribution in [3.8, 4) is 6.07 Å². The summed E-state index contributed by atoms with van der Waals surface area (Å²) in [6, 6.07) is 20.2. The van der Waals surface area contributed by atoms with Crippen molar-refractivity contribution in [3.63, 3.8) is 0 Å². The molecule has 1 N–H and O–H groups in total. The molecule has 0 saturated carbocycles. The van der Waals surface area contributed by atoms with Crippen LogP contribution < -0.4 is 5.32 Å². The molecule has 0 atom stereocenters. The van der Waals surface area contributed by atoms with Gasteiger partial charge in [0.2, 0.25) is 0 Å². The molecule has 0 aromatic heterocycles. The number of anilines is 1. The van der Waals surface area contributed by atoms with Crippen LogP contribution in [0, 0.1) is 24.2 Å². The van der Waals surface area contributed by atoms with E-state index in [2.05, 4.69) is 34.5 Å². The Balaban J connectivity index is 1.55. The molecule has 3 rings (SSSR count). The Bertz CT molecular complexity index is 843. The summed E-state index contributed by atoms with van der Waals surface area (Å²) in [6.45, 7) is 3.72. The van der Waals surface area contributed by atoms with Crippen molar-refractivity contribution in [2.45, 2.75) is 26.2 Å². The summed E-state index contributed by atoms with van der Waals surface area (Å²) < 4.78 is 0. The fourth-order valence-corrected chi connectivity index (χ4v) is 3.48. The van der Waals surface area contributed by atoms with Gasteiger partial charge >= 0.3 is 0 Å². The van der Waals surface area contributed by atoms with Crippen molar-refractivity contribution >= 4 is 11.6 Å². The van der Waals surface area contributed by atoms with Gasteiger partial charge in [0.25, 0.3) is 5.91 Å². The van der Waals surface area contributed by atoms with Gasteiger partial charge in [-0.2, -0.15) is 5.26 Å². The molecule has 4 nitrogen and oxygen atoms in total. The first-order valence-corrected chi connectivity index (χ1v) is 9.42. The van der Waals surface area contributed by atoms with Gasteiger partial charge in [0.05, 0.1) is 0 Å². The van der Waals surface area contributed by atoms with Crippen molar-refractivity contribution < 1.29 is 4.79 Å². The van der Waals surface area contributed by atoms with Gasteiger partial charge in [-0.15, -0.1) is 0 Å². The predicted octanol–water partition coefficient (Wildman–Crippen LogP) is 4.30. The first kappa shape index (κ1) is 18.7. The molecule has 2 aromatic rings. The minimum atomic E-state index is -0.352. The zero-order valence-corrected chi connectivity index (χ0v) is 15.7. The summed E-state index contributed by atoms with van der Waals surface area (Å²) in [4.78, 5) is 14.5. The van der Waals surface area contributed by atoms with Crippen LogP contribution in [0.2, 0.25) is 0 Å². The number of carbonyl (C=O) groups is 1. The molecule has 0 bridgehead atoms. The maximum atomic E-state index is 12.4. The van der Waals surface area contributed by atoms with Gasteiger partial charge < -0.3 is 10.2 Å². The van der Waals surface area contributed by atoms with Crippen LogP contribution in [0.4, 0.5) is 5.69 Å². The molecule has 1 fully saturated rings. The molecule has 0 unspecified atom stereocenters. The number of nitriles is 1. The second kappa shape index (κ2) is 9.05. The number of benzene rings is 2. The zero-order chi connectivity index (χ0) is 19.1. The van der Waals surface area contributed by atoms with E-state index in [1.54, 1.807) is 6.20 Å². The van der Waals surface area contributed by atoms with Gasteiger partial charge in [0.15, 0.2) is 0 Å². The highest BCUT2D eigenvalue weighted by Gasteiger charge is 2.19. The maximum Gasteiger partial charge on any atom is 0.267 e. The second-order valence-electron chi connectivity index (χ2n) is 7.15. The smallest absolute Gasteiger partial charge is 0.267 e. The van der Waals surface area contributed by atoms with Crippen molar-refractivity contribution in [2.24, 2.45) is 5.92 Å². The van der Waals surface area contributed by atoms with Crippen LogP contribution in [0.5, 0.6) is 0 Å². The van der Waals surface area contributed by atoms with E-state index in [1.165, 1.54) is 5.56 Å². The Morgan fingerprint density at radius 1 is 1.19 bits per heavy atom. The predicted molar refractivity (Wildman–Crippen MR) is 108 cm³/mol. The van der Waals surface area contributed by atoms with Crippen molar-refractivity contribution in [1.29, 1.82) is 5.26 Å². The van der Waals surface area contributed by atoms with E-state index in [0.29, 0.717) is 11.6 Å². The number of nitrogens with zero attached hydrogens (tertiary/aromatic N) is 2. The summed E-state index contributed by atoms with van der Waals surface area (Å²) in [7, 11) is 0. The molecule has 138 valence electrons. The molecule has 1 aliphatic rings. The maximum absolute atomic E-state index is 12.4. The lowest BCUT2D eigenvalue weighted by atomic mass is 9.90. The lowest BCUT2D eigenvalue weighted by Crippen LogP contribution is -2.31. The summed E-state index contributed by atoms with van der Waals surface area (Å²) in [5, 5.41) is 12.2. The van der Waals surface area contributed by atoms with E-state index in [9.17, 15) is 10.1 Å². The lowest BCUT2D eigenvalue weighted by molar-refractivity contribution is -0.112. The zero-order valence-electron chi connectivity index (χ0n) is 15.7. The second-order valence-corrected chi connectivity index (χ2v) is 7.15. The van der Waals surface area contributed by atoms with E-state index >= 15 is 0 Å². The highest BCUT2D eigenvalue weighted by atomic mass is 16.1. The number of aryl methyl sites for hydroxylation is 1. The average molecular weight is 359 g/mol. The number of nitrogens with one attached hydrogen (secondary N) is 1. The Hall–Kier alpha value is -3.06. The monoisotopic (exact) mass is 359 g/mol. The average Bonchev–Trinajstić information content (AvgIpc) is 2.68. The van der Waals surface area contributed by atoms with E-state index < -0.39 is 0 Å². The number of amides is 1. The molecule has 1 heterocycles. The number of piperidine rings is 1. The minimum Gasteiger partial charge on any atom is -0.376 e. The lowest BCUT2D eigenvalue weighted by Gasteiger charge is -2.31. The molecule has 2 aromatic carbocycles. The number of carbonyl (C=O) groups excluding carboxylic acids is 1. The fraction of sp³-hybridized carbons (Fsp3) is 0.304. The Morgan fingerprint density at radius 3 is 2.59 bits per heavy atom. The number of rotatable bonds is 5. The van der Waals surface area contributed by atoms with Crippen LogP contribution in [0.15, 0.2) is 66.4 Å². The fourth-order valence-electron chi connectivity index (χ4n) is 3.48. The first-order valence-electron chi connectivity index (χ1n) is 9.42. The van der Waals surface area contributed by atoms with Crippen molar-refractivity contribution in [2.75, 3.05) is 18.4 Å². The van der Waals surface area contributed by atoms with Gasteiger partial charge in [-0.25, -0.2) is 0 Å². The number of hydrogen-bond acceptors (Lipinski definition) is 3. The third-order valence-corrected chi connectivity index (χ3v) is 4.97. The minimum absolute atomic E-state index is 0.151. The topological polar surface area (TPSA) is 56.1 Å². The molecule has 1 aliphatic heterocycles. The largest absolute Gasteiger partial charge is 0.376 e. The Labute approximate surface area is 161 Å². The van der Waals surface area contributed by atoms with Crippen LogP contribution >= 0.6 is 0 Å². The van der Waals surface area contributed by atoms with Crippen LogP contribution in [-0.2, 0) is 11.2 Å². The molecular formula is C23H25N3O. The van der Waals surface area contributed by atoms with Gasteiger partial charge in [-0.3, -0.25) is 4.79 Å². The van der Waals surface area contributed by atoms with Gasteiger partial charge in [0.1, 0.15) is 11.6 Å². The Kier molecular flexibility index (Phi) is 6.27. The van der Waals surface area contributed by atoms with Crippen LogP contribution in [0.3, 0.4) is 0 Å².